The Morgan fingerprint density at radius 3 is 1.95 bits per heavy atom. The molecule has 4 N–H and O–H groups in total. The van der Waals surface area contributed by atoms with E-state index in [2.05, 4.69) is 10.6 Å². The Bertz CT molecular complexity index is 973. The Hall–Kier alpha value is -3.10. The van der Waals surface area contributed by atoms with Gasteiger partial charge in [0, 0.05) is 18.0 Å². The smallest absolute Gasteiger partial charge is 0.408 e. The Labute approximate surface area is 228 Å². The molecule has 0 bridgehead atoms. The fraction of sp³-hybridized carbons (Fsp3) is 0.655. The van der Waals surface area contributed by atoms with Gasteiger partial charge in [-0.05, 0) is 80.7 Å². The average molecular weight is 533 g/mol. The Morgan fingerprint density at radius 2 is 1.50 bits per heavy atom. The molecule has 9 nitrogen and oxygen atoms in total. The molecule has 214 valence electrons. The second kappa shape index (κ2) is 13.6. The lowest BCUT2D eigenvalue weighted by Gasteiger charge is -2.43. The number of rotatable bonds is 11. The van der Waals surface area contributed by atoms with Gasteiger partial charge in [-0.3, -0.25) is 14.4 Å². The first-order valence-electron chi connectivity index (χ1n) is 13.3. The van der Waals surface area contributed by atoms with Crippen LogP contribution in [0.3, 0.4) is 0 Å². The number of aryl methyl sites for hydroxylation is 2. The van der Waals surface area contributed by atoms with Crippen LogP contribution in [0.25, 0.3) is 0 Å². The van der Waals surface area contributed by atoms with Crippen LogP contribution in [0.2, 0.25) is 0 Å². The van der Waals surface area contributed by atoms with E-state index < -0.39 is 41.1 Å². The number of primary amides is 1. The standard InChI is InChI=1S/C29H48N4O5/c1-11-12-20(4)31-25(35)24(21-16-18(2)15-19(3)17-21)33(28(5,6)7)26(36)22(13-14-23(30)34)32-27(37)38-29(8,9)10/h15-17,20,22,24H,11-14H2,1-10H3,(H2,30,34)(H,31,35)(H,32,37). The minimum absolute atomic E-state index is 0.0343. The predicted octanol–water partition coefficient (Wildman–Crippen LogP) is 4.44. The summed E-state index contributed by atoms with van der Waals surface area (Å²) in [7, 11) is 0. The zero-order chi connectivity index (χ0) is 29.4. The molecule has 0 aliphatic rings. The van der Waals surface area contributed by atoms with E-state index in [1.165, 1.54) is 4.90 Å². The summed E-state index contributed by atoms with van der Waals surface area (Å²) in [5.74, 6) is -1.43. The number of amides is 4. The van der Waals surface area contributed by atoms with Crippen molar-refractivity contribution in [3.05, 3.63) is 34.9 Å². The zero-order valence-electron chi connectivity index (χ0n) is 24.9. The first-order chi connectivity index (χ1) is 17.4. The Balaban J connectivity index is 3.65. The molecule has 0 spiro atoms. The van der Waals surface area contributed by atoms with Crippen molar-refractivity contribution in [2.45, 2.75) is 124 Å². The fourth-order valence-corrected chi connectivity index (χ4v) is 4.42. The number of hydrogen-bond donors (Lipinski definition) is 3. The topological polar surface area (TPSA) is 131 Å². The number of nitrogens with one attached hydrogen (secondary N) is 2. The van der Waals surface area contributed by atoms with E-state index in [1.807, 2.05) is 66.7 Å². The maximum Gasteiger partial charge on any atom is 0.408 e. The molecule has 0 aliphatic heterocycles. The van der Waals surface area contributed by atoms with Crippen molar-refractivity contribution in [3.8, 4) is 0 Å². The largest absolute Gasteiger partial charge is 0.444 e. The van der Waals surface area contributed by atoms with Gasteiger partial charge in [0.1, 0.15) is 17.7 Å². The van der Waals surface area contributed by atoms with Crippen LogP contribution in [-0.2, 0) is 19.1 Å². The number of nitrogens with zero attached hydrogens (tertiary/aromatic N) is 1. The summed E-state index contributed by atoms with van der Waals surface area (Å²) < 4.78 is 5.38. The van der Waals surface area contributed by atoms with Crippen LogP contribution in [0.5, 0.6) is 0 Å². The van der Waals surface area contributed by atoms with Crippen molar-refractivity contribution in [2.75, 3.05) is 0 Å². The monoisotopic (exact) mass is 532 g/mol. The summed E-state index contributed by atoms with van der Waals surface area (Å²) in [6.45, 7) is 18.5. The van der Waals surface area contributed by atoms with Gasteiger partial charge >= 0.3 is 6.09 Å². The lowest BCUT2D eigenvalue weighted by molar-refractivity contribution is -0.149. The highest BCUT2D eigenvalue weighted by molar-refractivity contribution is 5.93. The third-order valence-electron chi connectivity index (χ3n) is 5.81. The molecule has 1 aromatic carbocycles. The molecule has 1 aromatic rings. The number of benzene rings is 1. The molecule has 3 unspecified atom stereocenters. The number of hydrogen-bond acceptors (Lipinski definition) is 5. The van der Waals surface area contributed by atoms with Gasteiger partial charge in [-0.1, -0.05) is 42.7 Å². The number of carbonyl (C=O) groups excluding carboxylic acids is 4. The average Bonchev–Trinajstić information content (AvgIpc) is 2.71. The van der Waals surface area contributed by atoms with Crippen molar-refractivity contribution < 1.29 is 23.9 Å². The minimum atomic E-state index is -1.13. The molecule has 0 saturated carbocycles. The highest BCUT2D eigenvalue weighted by Crippen LogP contribution is 2.32. The van der Waals surface area contributed by atoms with Gasteiger partial charge in [0.15, 0.2) is 0 Å². The maximum absolute atomic E-state index is 14.2. The third kappa shape index (κ3) is 10.7. The Morgan fingerprint density at radius 1 is 0.947 bits per heavy atom. The van der Waals surface area contributed by atoms with Crippen LogP contribution >= 0.6 is 0 Å². The van der Waals surface area contributed by atoms with Gasteiger partial charge in [-0.2, -0.15) is 0 Å². The van der Waals surface area contributed by atoms with E-state index in [9.17, 15) is 19.2 Å². The van der Waals surface area contributed by atoms with Gasteiger partial charge in [-0.15, -0.1) is 0 Å². The van der Waals surface area contributed by atoms with Crippen molar-refractivity contribution in [3.63, 3.8) is 0 Å². The lowest BCUT2D eigenvalue weighted by atomic mass is 9.92. The number of carbonyl (C=O) groups is 4. The fourth-order valence-electron chi connectivity index (χ4n) is 4.42. The van der Waals surface area contributed by atoms with E-state index >= 15 is 0 Å². The second-order valence-electron chi connectivity index (χ2n) is 12.1. The van der Waals surface area contributed by atoms with E-state index in [0.717, 1.165) is 24.0 Å². The van der Waals surface area contributed by atoms with Crippen molar-refractivity contribution in [2.24, 2.45) is 5.73 Å². The SMILES string of the molecule is CCCC(C)NC(=O)C(c1cc(C)cc(C)c1)N(C(=O)C(CCC(N)=O)NC(=O)OC(C)(C)C)C(C)(C)C. The van der Waals surface area contributed by atoms with Gasteiger partial charge < -0.3 is 26.0 Å². The molecule has 0 radical (unpaired) electrons. The molecule has 0 aromatic heterocycles. The molecule has 0 aliphatic carbocycles. The van der Waals surface area contributed by atoms with Crippen LogP contribution in [-0.4, -0.2) is 51.9 Å². The lowest BCUT2D eigenvalue weighted by Crippen LogP contribution is -2.59. The van der Waals surface area contributed by atoms with Gasteiger partial charge in [0.2, 0.25) is 17.7 Å². The minimum Gasteiger partial charge on any atom is -0.444 e. The van der Waals surface area contributed by atoms with E-state index in [1.54, 1.807) is 20.8 Å². The summed E-state index contributed by atoms with van der Waals surface area (Å²) in [5, 5.41) is 5.69. The molecule has 0 fully saturated rings. The van der Waals surface area contributed by atoms with Gasteiger partial charge in [-0.25, -0.2) is 4.79 Å². The molecule has 0 saturated heterocycles. The van der Waals surface area contributed by atoms with Crippen molar-refractivity contribution >= 4 is 23.8 Å². The molecular formula is C29H48N4O5. The number of nitrogens with two attached hydrogens (primary N) is 1. The van der Waals surface area contributed by atoms with Crippen LogP contribution in [0, 0.1) is 13.8 Å². The van der Waals surface area contributed by atoms with Gasteiger partial charge in [0.05, 0.1) is 0 Å². The van der Waals surface area contributed by atoms with Crippen LogP contribution in [0.15, 0.2) is 18.2 Å². The summed E-state index contributed by atoms with van der Waals surface area (Å²) in [6.07, 6.45) is 0.729. The first-order valence-corrected chi connectivity index (χ1v) is 13.3. The van der Waals surface area contributed by atoms with Crippen molar-refractivity contribution in [1.82, 2.24) is 15.5 Å². The normalized spacial score (nSPS) is 14.2. The summed E-state index contributed by atoms with van der Waals surface area (Å²) >= 11 is 0. The zero-order valence-corrected chi connectivity index (χ0v) is 24.9. The Kier molecular flexibility index (Phi) is 11.8. The molecule has 4 amide bonds. The van der Waals surface area contributed by atoms with Crippen LogP contribution in [0.1, 0.15) is 104 Å². The molecule has 3 atom stereocenters. The summed E-state index contributed by atoms with van der Waals surface area (Å²) in [4.78, 5) is 53.9. The molecule has 0 heterocycles. The van der Waals surface area contributed by atoms with Crippen LogP contribution < -0.4 is 16.4 Å². The summed E-state index contributed by atoms with van der Waals surface area (Å²) in [6, 6.07) is 3.59. The van der Waals surface area contributed by atoms with Crippen LogP contribution in [0.4, 0.5) is 4.79 Å². The summed E-state index contributed by atoms with van der Waals surface area (Å²) in [5.41, 5.74) is 6.34. The van der Waals surface area contributed by atoms with Gasteiger partial charge in [0.25, 0.3) is 0 Å². The van der Waals surface area contributed by atoms with E-state index in [-0.39, 0.29) is 24.8 Å². The molecule has 9 heteroatoms. The highest BCUT2D eigenvalue weighted by Gasteiger charge is 2.42. The number of ether oxygens (including phenoxy) is 1. The van der Waals surface area contributed by atoms with E-state index in [0.29, 0.717) is 5.56 Å². The van der Waals surface area contributed by atoms with Crippen molar-refractivity contribution in [1.29, 1.82) is 0 Å². The molecule has 38 heavy (non-hydrogen) atoms. The third-order valence-corrected chi connectivity index (χ3v) is 5.81. The predicted molar refractivity (Wildman–Crippen MR) is 149 cm³/mol. The quantitative estimate of drug-likeness (QED) is 0.388. The second-order valence-corrected chi connectivity index (χ2v) is 12.1. The molecular weight excluding hydrogens is 484 g/mol. The maximum atomic E-state index is 14.2. The number of alkyl carbamates (subject to hydrolysis) is 1. The molecule has 1 rings (SSSR count). The first kappa shape index (κ1) is 32.9. The highest BCUT2D eigenvalue weighted by atomic mass is 16.6. The van der Waals surface area contributed by atoms with E-state index in [4.69, 9.17) is 10.5 Å².